The fourth-order valence-electron chi connectivity index (χ4n) is 1.94. The summed E-state index contributed by atoms with van der Waals surface area (Å²) >= 11 is 3.48. The number of halogens is 2. The number of nitrogens with one attached hydrogen (secondary N) is 1. The van der Waals surface area contributed by atoms with Crippen molar-refractivity contribution < 1.29 is 4.39 Å². The van der Waals surface area contributed by atoms with Gasteiger partial charge in [-0.1, -0.05) is 51.8 Å². The van der Waals surface area contributed by atoms with Crippen molar-refractivity contribution in [3.8, 4) is 0 Å². The van der Waals surface area contributed by atoms with Crippen LogP contribution >= 0.6 is 15.9 Å². The zero-order chi connectivity index (χ0) is 13.1. The summed E-state index contributed by atoms with van der Waals surface area (Å²) in [7, 11) is 0. The van der Waals surface area contributed by atoms with Crippen LogP contribution < -0.4 is 11.3 Å². The Labute approximate surface area is 114 Å². The highest BCUT2D eigenvalue weighted by Gasteiger charge is 2.18. The Kier molecular flexibility index (Phi) is 4.11. The molecule has 0 aromatic heterocycles. The molecule has 2 aromatic carbocycles. The van der Waals surface area contributed by atoms with E-state index in [9.17, 15) is 4.39 Å². The van der Waals surface area contributed by atoms with Crippen LogP contribution in [0.3, 0.4) is 0 Å². The Bertz CT molecular complexity index is 557. The quantitative estimate of drug-likeness (QED) is 0.673. The van der Waals surface area contributed by atoms with Crippen LogP contribution in [0.1, 0.15) is 22.7 Å². The van der Waals surface area contributed by atoms with Crippen molar-refractivity contribution in [1.82, 2.24) is 5.43 Å². The number of aryl methyl sites for hydroxylation is 1. The highest BCUT2D eigenvalue weighted by Crippen LogP contribution is 2.30. The van der Waals surface area contributed by atoms with Crippen LogP contribution in [0.4, 0.5) is 4.39 Å². The van der Waals surface area contributed by atoms with Crippen LogP contribution in [0, 0.1) is 12.7 Å². The lowest BCUT2D eigenvalue weighted by Gasteiger charge is -2.19. The standard InChI is InChI=1S/C14H14BrFN2/c1-9-6-7-12(15)11(8-9)14(18-17)10-4-2-3-5-13(10)16/h2-8,14,18H,17H2,1H3. The van der Waals surface area contributed by atoms with Crippen LogP contribution in [0.15, 0.2) is 46.9 Å². The van der Waals surface area contributed by atoms with Crippen molar-refractivity contribution in [1.29, 1.82) is 0 Å². The van der Waals surface area contributed by atoms with Gasteiger partial charge >= 0.3 is 0 Å². The Balaban J connectivity index is 2.52. The first kappa shape index (κ1) is 13.2. The van der Waals surface area contributed by atoms with Gasteiger partial charge in [0.25, 0.3) is 0 Å². The second-order valence-corrected chi connectivity index (χ2v) is 5.00. The van der Waals surface area contributed by atoms with Gasteiger partial charge in [-0.25, -0.2) is 9.82 Å². The minimum absolute atomic E-state index is 0.270. The topological polar surface area (TPSA) is 38.0 Å². The molecule has 0 saturated heterocycles. The molecule has 0 aliphatic rings. The summed E-state index contributed by atoms with van der Waals surface area (Å²) in [6.45, 7) is 1.99. The van der Waals surface area contributed by atoms with Gasteiger partial charge in [0.1, 0.15) is 5.82 Å². The number of benzene rings is 2. The van der Waals surface area contributed by atoms with Crippen molar-refractivity contribution >= 4 is 15.9 Å². The number of nitrogens with two attached hydrogens (primary N) is 1. The lowest BCUT2D eigenvalue weighted by molar-refractivity contribution is 0.559. The first-order valence-corrected chi connectivity index (χ1v) is 6.39. The predicted molar refractivity (Wildman–Crippen MR) is 74.4 cm³/mol. The Hall–Kier alpha value is -1.23. The Morgan fingerprint density at radius 3 is 2.56 bits per heavy atom. The first-order valence-electron chi connectivity index (χ1n) is 5.60. The molecular weight excluding hydrogens is 295 g/mol. The van der Waals surface area contributed by atoms with Gasteiger partial charge in [-0.05, 0) is 24.6 Å². The molecule has 1 unspecified atom stereocenters. The molecule has 0 heterocycles. The third-order valence-electron chi connectivity index (χ3n) is 2.85. The second-order valence-electron chi connectivity index (χ2n) is 4.15. The van der Waals surface area contributed by atoms with Crippen LogP contribution in [-0.4, -0.2) is 0 Å². The molecular formula is C14H14BrFN2. The zero-order valence-electron chi connectivity index (χ0n) is 9.95. The second kappa shape index (κ2) is 5.61. The first-order chi connectivity index (χ1) is 8.63. The predicted octanol–water partition coefficient (Wildman–Crippen LogP) is 3.45. The van der Waals surface area contributed by atoms with Gasteiger partial charge in [-0.2, -0.15) is 0 Å². The molecule has 0 radical (unpaired) electrons. The molecule has 0 amide bonds. The van der Waals surface area contributed by atoms with Gasteiger partial charge in [0, 0.05) is 10.0 Å². The third kappa shape index (κ3) is 2.61. The van der Waals surface area contributed by atoms with E-state index in [1.54, 1.807) is 18.2 Å². The van der Waals surface area contributed by atoms with Gasteiger partial charge in [0.2, 0.25) is 0 Å². The molecule has 0 saturated carbocycles. The Morgan fingerprint density at radius 1 is 1.17 bits per heavy atom. The molecule has 0 fully saturated rings. The maximum absolute atomic E-state index is 13.8. The van der Waals surface area contributed by atoms with Gasteiger partial charge in [0.15, 0.2) is 0 Å². The third-order valence-corrected chi connectivity index (χ3v) is 3.57. The minimum atomic E-state index is -0.375. The molecule has 1 atom stereocenters. The summed E-state index contributed by atoms with van der Waals surface area (Å²) in [5.41, 5.74) is 5.23. The summed E-state index contributed by atoms with van der Waals surface area (Å²) in [5.74, 6) is 5.32. The minimum Gasteiger partial charge on any atom is -0.271 e. The average molecular weight is 309 g/mol. The molecule has 0 spiro atoms. The number of rotatable bonds is 3. The summed E-state index contributed by atoms with van der Waals surface area (Å²) in [4.78, 5) is 0. The van der Waals surface area contributed by atoms with Crippen LogP contribution in [0.2, 0.25) is 0 Å². The van der Waals surface area contributed by atoms with E-state index in [0.29, 0.717) is 5.56 Å². The molecule has 94 valence electrons. The van der Waals surface area contributed by atoms with Crippen LogP contribution in [0.25, 0.3) is 0 Å². The fraction of sp³-hybridized carbons (Fsp3) is 0.143. The van der Waals surface area contributed by atoms with Gasteiger partial charge in [0.05, 0.1) is 6.04 Å². The smallest absolute Gasteiger partial charge is 0.128 e. The molecule has 2 aromatic rings. The lowest BCUT2D eigenvalue weighted by Crippen LogP contribution is -2.29. The number of hydrogen-bond acceptors (Lipinski definition) is 2. The highest BCUT2D eigenvalue weighted by atomic mass is 79.9. The maximum atomic E-state index is 13.8. The number of hydrogen-bond donors (Lipinski definition) is 2. The van der Waals surface area contributed by atoms with Gasteiger partial charge in [-0.3, -0.25) is 5.84 Å². The lowest BCUT2D eigenvalue weighted by atomic mass is 9.97. The van der Waals surface area contributed by atoms with Crippen molar-refractivity contribution in [3.05, 3.63) is 69.4 Å². The largest absolute Gasteiger partial charge is 0.271 e. The van der Waals surface area contributed by atoms with Crippen LogP contribution in [-0.2, 0) is 0 Å². The van der Waals surface area contributed by atoms with Gasteiger partial charge < -0.3 is 0 Å². The van der Waals surface area contributed by atoms with E-state index in [4.69, 9.17) is 5.84 Å². The van der Waals surface area contributed by atoms with E-state index in [1.807, 2.05) is 25.1 Å². The SMILES string of the molecule is Cc1ccc(Br)c(C(NN)c2ccccc2F)c1. The van der Waals surface area contributed by atoms with E-state index in [0.717, 1.165) is 15.6 Å². The summed E-state index contributed by atoms with van der Waals surface area (Å²) in [6.07, 6.45) is 0. The molecule has 4 heteroatoms. The molecule has 2 rings (SSSR count). The molecule has 2 nitrogen and oxygen atoms in total. The summed E-state index contributed by atoms with van der Waals surface area (Å²) in [6, 6.07) is 12.2. The van der Waals surface area contributed by atoms with Gasteiger partial charge in [-0.15, -0.1) is 0 Å². The van der Waals surface area contributed by atoms with E-state index in [-0.39, 0.29) is 11.9 Å². The molecule has 0 aliphatic carbocycles. The van der Waals surface area contributed by atoms with E-state index in [2.05, 4.69) is 21.4 Å². The summed E-state index contributed by atoms with van der Waals surface area (Å²) in [5, 5.41) is 0. The van der Waals surface area contributed by atoms with Crippen molar-refractivity contribution in [2.75, 3.05) is 0 Å². The van der Waals surface area contributed by atoms with Crippen molar-refractivity contribution in [3.63, 3.8) is 0 Å². The summed E-state index contributed by atoms with van der Waals surface area (Å²) < 4.78 is 14.7. The van der Waals surface area contributed by atoms with E-state index >= 15 is 0 Å². The van der Waals surface area contributed by atoms with Crippen LogP contribution in [0.5, 0.6) is 0 Å². The van der Waals surface area contributed by atoms with Crippen molar-refractivity contribution in [2.45, 2.75) is 13.0 Å². The maximum Gasteiger partial charge on any atom is 0.128 e. The monoisotopic (exact) mass is 308 g/mol. The molecule has 0 bridgehead atoms. The molecule has 18 heavy (non-hydrogen) atoms. The van der Waals surface area contributed by atoms with Crippen molar-refractivity contribution in [2.24, 2.45) is 5.84 Å². The number of hydrazine groups is 1. The highest BCUT2D eigenvalue weighted by molar-refractivity contribution is 9.10. The fourth-order valence-corrected chi connectivity index (χ4v) is 2.42. The molecule has 3 N–H and O–H groups in total. The normalized spacial score (nSPS) is 12.4. The Morgan fingerprint density at radius 2 is 1.89 bits per heavy atom. The molecule has 0 aliphatic heterocycles. The zero-order valence-corrected chi connectivity index (χ0v) is 11.5. The van der Waals surface area contributed by atoms with E-state index < -0.39 is 0 Å². The average Bonchev–Trinajstić information content (AvgIpc) is 2.36. The van der Waals surface area contributed by atoms with E-state index in [1.165, 1.54) is 6.07 Å².